The summed E-state index contributed by atoms with van der Waals surface area (Å²) in [5.74, 6) is -1.05. The average molecular weight is 366 g/mol. The Labute approximate surface area is 160 Å². The molecule has 142 valence electrons. The van der Waals surface area contributed by atoms with Crippen molar-refractivity contribution in [2.45, 2.75) is 32.1 Å². The summed E-state index contributed by atoms with van der Waals surface area (Å²) in [6.07, 6.45) is 1.16. The molecule has 4 nitrogen and oxygen atoms in total. The lowest BCUT2D eigenvalue weighted by Gasteiger charge is -2.35. The van der Waals surface area contributed by atoms with Crippen molar-refractivity contribution in [3.63, 3.8) is 0 Å². The van der Waals surface area contributed by atoms with E-state index in [-0.39, 0.29) is 23.8 Å². The van der Waals surface area contributed by atoms with E-state index in [2.05, 4.69) is 24.3 Å². The summed E-state index contributed by atoms with van der Waals surface area (Å²) in [5, 5.41) is 0. The van der Waals surface area contributed by atoms with Gasteiger partial charge in [-0.3, -0.25) is 9.59 Å². The normalized spacial score (nSPS) is 16.0. The van der Waals surface area contributed by atoms with Crippen LogP contribution in [0.1, 0.15) is 37.8 Å². The van der Waals surface area contributed by atoms with E-state index >= 15 is 0 Å². The Morgan fingerprint density at radius 1 is 0.778 bits per heavy atom. The lowest BCUT2D eigenvalue weighted by molar-refractivity contribution is -0.146. The molecule has 1 aliphatic rings. The van der Waals surface area contributed by atoms with Crippen LogP contribution >= 0.6 is 0 Å². The van der Waals surface area contributed by atoms with Gasteiger partial charge in [0.2, 0.25) is 0 Å². The van der Waals surface area contributed by atoms with Crippen LogP contribution in [0.3, 0.4) is 0 Å². The lowest BCUT2D eigenvalue weighted by atomic mass is 9.67. The highest BCUT2D eigenvalue weighted by atomic mass is 16.5. The van der Waals surface area contributed by atoms with Gasteiger partial charge in [0.15, 0.2) is 0 Å². The Morgan fingerprint density at radius 3 is 1.52 bits per heavy atom. The highest BCUT2D eigenvalue weighted by molar-refractivity contribution is 5.82. The Hall–Kier alpha value is -2.62. The van der Waals surface area contributed by atoms with E-state index in [1.54, 1.807) is 0 Å². The highest BCUT2D eigenvalue weighted by Gasteiger charge is 2.46. The SMILES string of the molecule is COC(=O)C(C)CC1(CC(C)C(=O)OC)c2ccccc2-c2ccccc21. The van der Waals surface area contributed by atoms with Gasteiger partial charge in [-0.2, -0.15) is 0 Å². The predicted octanol–water partition coefficient (Wildman–Crippen LogP) is 4.35. The number of benzene rings is 2. The molecule has 0 spiro atoms. The molecule has 2 aromatic carbocycles. The molecule has 2 aromatic rings. The van der Waals surface area contributed by atoms with E-state index in [1.165, 1.54) is 25.3 Å². The summed E-state index contributed by atoms with van der Waals surface area (Å²) < 4.78 is 9.97. The second kappa shape index (κ2) is 7.55. The summed E-state index contributed by atoms with van der Waals surface area (Å²) >= 11 is 0. The lowest BCUT2D eigenvalue weighted by Crippen LogP contribution is -2.34. The maximum atomic E-state index is 12.2. The zero-order valence-electron chi connectivity index (χ0n) is 16.3. The molecule has 3 rings (SSSR count). The first-order chi connectivity index (χ1) is 12.9. The summed E-state index contributed by atoms with van der Waals surface area (Å²) in [6, 6.07) is 16.5. The van der Waals surface area contributed by atoms with E-state index in [9.17, 15) is 9.59 Å². The van der Waals surface area contributed by atoms with Gasteiger partial charge in [0, 0.05) is 5.41 Å². The van der Waals surface area contributed by atoms with Crippen LogP contribution in [0.2, 0.25) is 0 Å². The van der Waals surface area contributed by atoms with Crippen LogP contribution in [0.5, 0.6) is 0 Å². The molecule has 0 bridgehead atoms. The van der Waals surface area contributed by atoms with Crippen molar-refractivity contribution >= 4 is 11.9 Å². The first-order valence-electron chi connectivity index (χ1n) is 9.29. The van der Waals surface area contributed by atoms with Crippen LogP contribution in [0.25, 0.3) is 11.1 Å². The van der Waals surface area contributed by atoms with Crippen molar-refractivity contribution in [3.8, 4) is 11.1 Å². The molecule has 2 atom stereocenters. The Bertz CT molecular complexity index is 783. The van der Waals surface area contributed by atoms with Crippen LogP contribution in [0, 0.1) is 11.8 Å². The second-order valence-electron chi connectivity index (χ2n) is 7.43. The first kappa shape index (κ1) is 19.2. The molecule has 1 aliphatic carbocycles. The molecule has 0 heterocycles. The number of ether oxygens (including phenoxy) is 2. The van der Waals surface area contributed by atoms with Gasteiger partial charge in [-0.1, -0.05) is 62.4 Å². The van der Waals surface area contributed by atoms with Crippen LogP contribution in [0.4, 0.5) is 0 Å². The van der Waals surface area contributed by atoms with Crippen LogP contribution in [0.15, 0.2) is 48.5 Å². The van der Waals surface area contributed by atoms with Crippen molar-refractivity contribution in [1.29, 1.82) is 0 Å². The van der Waals surface area contributed by atoms with Crippen molar-refractivity contribution < 1.29 is 19.1 Å². The van der Waals surface area contributed by atoms with Gasteiger partial charge in [0.05, 0.1) is 26.1 Å². The molecular formula is C23H26O4. The number of hydrogen-bond acceptors (Lipinski definition) is 4. The fourth-order valence-electron chi connectivity index (χ4n) is 4.55. The molecule has 0 saturated carbocycles. The molecule has 0 fully saturated rings. The number of methoxy groups -OCH3 is 2. The second-order valence-corrected chi connectivity index (χ2v) is 7.43. The van der Waals surface area contributed by atoms with Crippen LogP contribution in [-0.2, 0) is 24.5 Å². The van der Waals surface area contributed by atoms with E-state index in [0.717, 1.165) is 11.1 Å². The van der Waals surface area contributed by atoms with Crippen molar-refractivity contribution in [3.05, 3.63) is 59.7 Å². The van der Waals surface area contributed by atoms with Gasteiger partial charge in [-0.15, -0.1) is 0 Å². The number of fused-ring (bicyclic) bond motifs is 3. The maximum Gasteiger partial charge on any atom is 0.308 e. The summed E-state index contributed by atoms with van der Waals surface area (Å²) in [7, 11) is 2.83. The molecule has 0 N–H and O–H groups in total. The number of hydrogen-bond donors (Lipinski definition) is 0. The summed E-state index contributed by atoms with van der Waals surface area (Å²) in [6.45, 7) is 3.78. The van der Waals surface area contributed by atoms with Gasteiger partial charge >= 0.3 is 11.9 Å². The number of rotatable bonds is 6. The Morgan fingerprint density at radius 2 is 1.15 bits per heavy atom. The fourth-order valence-corrected chi connectivity index (χ4v) is 4.55. The zero-order valence-corrected chi connectivity index (χ0v) is 16.3. The Balaban J connectivity index is 2.17. The number of carbonyl (C=O) groups is 2. The largest absolute Gasteiger partial charge is 0.469 e. The quantitative estimate of drug-likeness (QED) is 0.713. The van der Waals surface area contributed by atoms with Crippen molar-refractivity contribution in [2.75, 3.05) is 14.2 Å². The van der Waals surface area contributed by atoms with Gasteiger partial charge in [0.1, 0.15) is 0 Å². The molecule has 0 radical (unpaired) electrons. The van der Waals surface area contributed by atoms with Gasteiger partial charge < -0.3 is 9.47 Å². The van der Waals surface area contributed by atoms with Crippen LogP contribution < -0.4 is 0 Å². The molecule has 2 unspecified atom stereocenters. The number of carbonyl (C=O) groups excluding carboxylic acids is 2. The third kappa shape index (κ3) is 3.25. The Kier molecular flexibility index (Phi) is 5.36. The third-order valence-corrected chi connectivity index (χ3v) is 5.69. The van der Waals surface area contributed by atoms with Crippen molar-refractivity contribution in [2.24, 2.45) is 11.8 Å². The summed E-state index contributed by atoms with van der Waals surface area (Å²) in [4.78, 5) is 24.5. The maximum absolute atomic E-state index is 12.2. The van der Waals surface area contributed by atoms with Crippen molar-refractivity contribution in [1.82, 2.24) is 0 Å². The monoisotopic (exact) mass is 366 g/mol. The van der Waals surface area contributed by atoms with E-state index in [0.29, 0.717) is 12.8 Å². The minimum Gasteiger partial charge on any atom is -0.469 e. The van der Waals surface area contributed by atoms with Gasteiger partial charge in [0.25, 0.3) is 0 Å². The molecular weight excluding hydrogens is 340 g/mol. The highest BCUT2D eigenvalue weighted by Crippen LogP contribution is 2.54. The van der Waals surface area contributed by atoms with E-state index in [4.69, 9.17) is 9.47 Å². The van der Waals surface area contributed by atoms with Crippen LogP contribution in [-0.4, -0.2) is 26.2 Å². The topological polar surface area (TPSA) is 52.6 Å². The smallest absolute Gasteiger partial charge is 0.308 e. The minimum absolute atomic E-state index is 0.234. The standard InChI is InChI=1S/C23H26O4/c1-15(21(24)26-3)13-23(14-16(2)22(25)27-4)19-11-7-5-9-17(19)18-10-6-8-12-20(18)23/h5-12,15-16H,13-14H2,1-4H3. The molecule has 4 heteroatoms. The first-order valence-corrected chi connectivity index (χ1v) is 9.29. The average Bonchev–Trinajstić information content (AvgIpc) is 2.97. The van der Waals surface area contributed by atoms with E-state index in [1.807, 2.05) is 38.1 Å². The minimum atomic E-state index is -0.436. The van der Waals surface area contributed by atoms with Gasteiger partial charge in [-0.25, -0.2) is 0 Å². The molecule has 0 amide bonds. The predicted molar refractivity (Wildman–Crippen MR) is 104 cm³/mol. The fraction of sp³-hybridized carbons (Fsp3) is 0.391. The third-order valence-electron chi connectivity index (χ3n) is 5.69. The van der Waals surface area contributed by atoms with Gasteiger partial charge in [-0.05, 0) is 35.1 Å². The molecule has 0 saturated heterocycles. The summed E-state index contributed by atoms with van der Waals surface area (Å²) in [5.41, 5.74) is 4.23. The van der Waals surface area contributed by atoms with E-state index < -0.39 is 5.41 Å². The molecule has 0 aliphatic heterocycles. The molecule has 0 aromatic heterocycles. The molecule has 27 heavy (non-hydrogen) atoms. The number of esters is 2. The zero-order chi connectivity index (χ0) is 19.6.